The summed E-state index contributed by atoms with van der Waals surface area (Å²) in [6, 6.07) is 22.6. The Balaban J connectivity index is 0.631. The number of likely N-dealkylation sites (tertiary alicyclic amines) is 2. The van der Waals surface area contributed by atoms with E-state index in [1.54, 1.807) is 23.5 Å². The number of fused-ring (bicyclic) bond motifs is 1. The molecule has 4 aliphatic heterocycles. The third-order valence-electron chi connectivity index (χ3n) is 16.5. The summed E-state index contributed by atoms with van der Waals surface area (Å²) < 4.78 is 7.95. The number of hydrogen-bond acceptors (Lipinski definition) is 16. The van der Waals surface area contributed by atoms with E-state index >= 15 is 0 Å². The topological polar surface area (TPSA) is 221 Å². The fraction of sp³-hybridized carbons (Fsp3) is 0.474. The number of carbonyl (C=O) groups excluding carboxylic acids is 2. The van der Waals surface area contributed by atoms with Crippen LogP contribution in [-0.4, -0.2) is 131 Å². The average Bonchev–Trinajstić information content (AvgIpc) is 4.27. The first kappa shape index (κ1) is 51.2. The predicted octanol–water partition coefficient (Wildman–Crippen LogP) is 8.11. The van der Waals surface area contributed by atoms with Gasteiger partial charge in [0.2, 0.25) is 11.8 Å². The summed E-state index contributed by atoms with van der Waals surface area (Å²) >= 11 is 1.60. The Labute approximate surface area is 447 Å². The number of benzene rings is 2. The molecule has 0 spiro atoms. The molecule has 19 heteroatoms. The molecule has 2 aromatic carbocycles. The molecule has 2 amide bonds. The van der Waals surface area contributed by atoms with Crippen LogP contribution in [0.15, 0.2) is 89.0 Å². The van der Waals surface area contributed by atoms with E-state index in [2.05, 4.69) is 58.7 Å². The van der Waals surface area contributed by atoms with Gasteiger partial charge in [-0.05, 0) is 124 Å². The number of nitrogens with one attached hydrogen (secondary N) is 1. The van der Waals surface area contributed by atoms with Gasteiger partial charge < -0.3 is 45.4 Å². The number of piperidine rings is 3. The minimum absolute atomic E-state index is 0.0856. The van der Waals surface area contributed by atoms with Crippen LogP contribution in [-0.2, 0) is 9.59 Å². The molecule has 4 saturated heterocycles. The summed E-state index contributed by atoms with van der Waals surface area (Å²) in [6.07, 6.45) is 7.57. The summed E-state index contributed by atoms with van der Waals surface area (Å²) in [5.74, 6) is 2.53. The van der Waals surface area contributed by atoms with Crippen LogP contribution in [0.25, 0.3) is 32.7 Å². The maximum atomic E-state index is 14.4. The van der Waals surface area contributed by atoms with Crippen molar-refractivity contribution in [2.45, 2.75) is 109 Å². The highest BCUT2D eigenvalue weighted by Crippen LogP contribution is 2.37. The Bertz CT molecular complexity index is 3130. The molecule has 5 N–H and O–H groups in total. The summed E-state index contributed by atoms with van der Waals surface area (Å²) in [5, 5.41) is 42.3. The number of amides is 2. The second-order valence-corrected chi connectivity index (χ2v) is 22.7. The molecule has 11 rings (SSSR count). The minimum Gasteiger partial charge on any atom is -0.507 e. The number of carbonyl (C=O) groups is 2. The maximum absolute atomic E-state index is 14.4. The third kappa shape index (κ3) is 10.6. The number of phenolic OH excluding ortho intramolecular Hbond substituents is 1. The Kier molecular flexibility index (Phi) is 14.8. The first-order valence-corrected chi connectivity index (χ1v) is 28.0. The van der Waals surface area contributed by atoms with Gasteiger partial charge in [-0.25, -0.2) is 9.97 Å². The van der Waals surface area contributed by atoms with Crippen LogP contribution in [0.3, 0.4) is 0 Å². The van der Waals surface area contributed by atoms with Gasteiger partial charge in [-0.1, -0.05) is 61.5 Å². The lowest BCUT2D eigenvalue weighted by molar-refractivity contribution is -0.141. The lowest BCUT2D eigenvalue weighted by atomic mass is 9.89. The number of aromatic nitrogens is 7. The Morgan fingerprint density at radius 1 is 0.868 bits per heavy atom. The van der Waals surface area contributed by atoms with Crippen molar-refractivity contribution in [2.24, 2.45) is 11.8 Å². The Hall–Kier alpha value is -6.96. The van der Waals surface area contributed by atoms with Crippen molar-refractivity contribution in [3.8, 4) is 27.4 Å². The van der Waals surface area contributed by atoms with Crippen LogP contribution in [0.5, 0.6) is 5.75 Å². The molecule has 0 aliphatic carbocycles. The highest BCUT2D eigenvalue weighted by atomic mass is 32.1. The van der Waals surface area contributed by atoms with Crippen molar-refractivity contribution in [3.05, 3.63) is 107 Å². The van der Waals surface area contributed by atoms with Crippen molar-refractivity contribution in [1.82, 2.24) is 50.2 Å². The quantitative estimate of drug-likeness (QED) is 0.0808. The van der Waals surface area contributed by atoms with Crippen molar-refractivity contribution >= 4 is 51.6 Å². The molecular formula is C57H69N13O5S. The van der Waals surface area contributed by atoms with E-state index in [1.165, 1.54) is 10.5 Å². The van der Waals surface area contributed by atoms with Crippen LogP contribution in [0.2, 0.25) is 0 Å². The molecule has 398 valence electrons. The number of phenols is 1. The number of hydrogen-bond donors (Lipinski definition) is 4. The molecule has 76 heavy (non-hydrogen) atoms. The maximum Gasteiger partial charge on any atom is 0.243 e. The second-order valence-electron chi connectivity index (χ2n) is 21.8. The number of aromatic hydroxyl groups is 1. The van der Waals surface area contributed by atoms with Gasteiger partial charge in [0.15, 0.2) is 22.9 Å². The van der Waals surface area contributed by atoms with E-state index in [4.69, 9.17) is 20.3 Å². The largest absolute Gasteiger partial charge is 0.507 e. The summed E-state index contributed by atoms with van der Waals surface area (Å²) in [7, 11) is 0. The number of thiazole rings is 1. The number of aliphatic hydroxyl groups excluding tert-OH is 1. The lowest BCUT2D eigenvalue weighted by Crippen LogP contribution is -2.48. The zero-order chi connectivity index (χ0) is 52.6. The van der Waals surface area contributed by atoms with Gasteiger partial charge in [0.05, 0.1) is 45.5 Å². The van der Waals surface area contributed by atoms with Crippen molar-refractivity contribution < 1.29 is 24.3 Å². The van der Waals surface area contributed by atoms with Gasteiger partial charge in [-0.15, -0.1) is 21.5 Å². The van der Waals surface area contributed by atoms with Gasteiger partial charge in [0.25, 0.3) is 0 Å². The van der Waals surface area contributed by atoms with Gasteiger partial charge in [-0.2, -0.15) is 5.10 Å². The summed E-state index contributed by atoms with van der Waals surface area (Å²) in [4.78, 5) is 47.5. The smallest absolute Gasteiger partial charge is 0.243 e. The molecule has 0 bridgehead atoms. The summed E-state index contributed by atoms with van der Waals surface area (Å²) in [6.45, 7) is 14.6. The number of nitrogen functional groups attached to an aromatic ring is 1. The number of nitrogens with zero attached hydrogens (tertiary/aromatic N) is 11. The summed E-state index contributed by atoms with van der Waals surface area (Å²) in [5.41, 5.74) is 15.1. The van der Waals surface area contributed by atoms with E-state index in [9.17, 15) is 19.8 Å². The first-order valence-electron chi connectivity index (χ1n) is 27.1. The van der Waals surface area contributed by atoms with Crippen molar-refractivity contribution in [2.75, 3.05) is 67.9 Å². The second kappa shape index (κ2) is 21.9. The number of para-hydroxylation sites is 1. The van der Waals surface area contributed by atoms with Crippen LogP contribution in [0.4, 0.5) is 17.5 Å². The van der Waals surface area contributed by atoms with Gasteiger partial charge in [0, 0.05) is 63.5 Å². The monoisotopic (exact) mass is 1050 g/mol. The number of pyridine rings is 1. The standard InChI is InChI=1S/C57H69N13O5S/c1-34(2)52(57(74)69-32-43(71)27-47(69)56(73)61-35(3)38-9-11-40(12-10-38)54-36(4)60-33-76-54)49-29-51(65-75-49)68-23-15-37(16-24-68)31-66-21-17-39(18-22-66)41-13-14-50(59-30-41)67-25-19-42(20-26-67)70-46-28-45(44-7-5-6-8-48(44)72)62-63-53(46)55(58)64-70/h5-14,28-30,33-35,37,39,42-43,47,52,71-72H,15-27,31-32H2,1-4H3,(H2,58,64)(H,61,73)/t35-,43+,47-,52?/m0/s1. The molecule has 5 aromatic heterocycles. The molecule has 7 aromatic rings. The van der Waals surface area contributed by atoms with E-state index < -0.39 is 18.1 Å². The van der Waals surface area contributed by atoms with Crippen molar-refractivity contribution in [1.29, 1.82) is 0 Å². The molecule has 0 saturated carbocycles. The molecule has 0 radical (unpaired) electrons. The Morgan fingerprint density at radius 3 is 2.30 bits per heavy atom. The van der Waals surface area contributed by atoms with Crippen molar-refractivity contribution in [3.63, 3.8) is 0 Å². The molecular weight excluding hydrogens is 979 g/mol. The highest BCUT2D eigenvalue weighted by molar-refractivity contribution is 7.13. The fourth-order valence-electron chi connectivity index (χ4n) is 12.1. The normalized spacial score (nSPS) is 20.2. The van der Waals surface area contributed by atoms with Crippen LogP contribution < -0.4 is 20.9 Å². The zero-order valence-corrected chi connectivity index (χ0v) is 44.6. The molecule has 4 aliphatic rings. The molecule has 4 fully saturated rings. The Morgan fingerprint density at radius 2 is 1.61 bits per heavy atom. The zero-order valence-electron chi connectivity index (χ0n) is 43.8. The van der Waals surface area contributed by atoms with Crippen LogP contribution >= 0.6 is 11.3 Å². The molecule has 9 heterocycles. The highest BCUT2D eigenvalue weighted by Gasteiger charge is 2.44. The number of nitrogens with two attached hydrogens (primary N) is 1. The van der Waals surface area contributed by atoms with E-state index in [-0.39, 0.29) is 48.5 Å². The van der Waals surface area contributed by atoms with Gasteiger partial charge >= 0.3 is 0 Å². The van der Waals surface area contributed by atoms with E-state index in [0.717, 1.165) is 123 Å². The minimum atomic E-state index is -0.801. The number of aryl methyl sites for hydroxylation is 1. The lowest BCUT2D eigenvalue weighted by Gasteiger charge is -2.38. The first-order chi connectivity index (χ1) is 36.8. The fourth-order valence-corrected chi connectivity index (χ4v) is 12.9. The number of β-amino-alcohol motifs (C(OH)–C–C–N with tert-alkyl or cyclic N) is 1. The average molecular weight is 1050 g/mol. The van der Waals surface area contributed by atoms with Crippen LogP contribution in [0, 0.1) is 18.8 Å². The number of rotatable bonds is 14. The molecule has 4 atom stereocenters. The predicted molar refractivity (Wildman–Crippen MR) is 294 cm³/mol. The third-order valence-corrected chi connectivity index (χ3v) is 17.5. The van der Waals surface area contributed by atoms with Crippen LogP contribution in [0.1, 0.15) is 112 Å². The molecule has 18 nitrogen and oxygen atoms in total. The van der Waals surface area contributed by atoms with E-state index in [1.807, 2.05) is 86.4 Å². The SMILES string of the molecule is Cc1ncsc1-c1ccc([C@H](C)NC(=O)[C@@H]2C[C@@H](O)CN2C(=O)C(c2cc(N3CCC(CN4CCC(c5ccc(N6CCC(n7nc(N)c8nnc(-c9ccccc9O)cc87)CC6)nc5)CC4)CC3)no2)C(C)C)cc1. The molecule has 1 unspecified atom stereocenters. The van der Waals surface area contributed by atoms with Gasteiger partial charge in [0.1, 0.15) is 23.5 Å². The number of aliphatic hydroxyl groups is 1. The number of anilines is 3. The van der Waals surface area contributed by atoms with Gasteiger partial charge in [-0.3, -0.25) is 14.3 Å². The van der Waals surface area contributed by atoms with E-state index in [0.29, 0.717) is 40.2 Å².